The SMILES string of the molecule is NCC1(CNC(=O)C(=O)NC2CC(c3ccc(F)c(Cl)c3)C2)CC12CCC2. The first kappa shape index (κ1) is 18.7. The number of carbonyl (C=O) groups excluding carboxylic acids is 2. The van der Waals surface area contributed by atoms with E-state index in [9.17, 15) is 14.0 Å². The van der Waals surface area contributed by atoms with Gasteiger partial charge in [-0.15, -0.1) is 0 Å². The molecule has 0 bridgehead atoms. The molecule has 0 heterocycles. The number of hydrogen-bond donors (Lipinski definition) is 3. The molecule has 2 amide bonds. The summed E-state index contributed by atoms with van der Waals surface area (Å²) in [6.07, 6.45) is 6.10. The van der Waals surface area contributed by atoms with Crippen LogP contribution in [0.4, 0.5) is 4.39 Å². The smallest absolute Gasteiger partial charge is 0.309 e. The van der Waals surface area contributed by atoms with Gasteiger partial charge in [0, 0.05) is 24.5 Å². The van der Waals surface area contributed by atoms with E-state index in [1.165, 1.54) is 25.3 Å². The van der Waals surface area contributed by atoms with Crippen LogP contribution in [0.25, 0.3) is 0 Å². The van der Waals surface area contributed by atoms with E-state index in [0.29, 0.717) is 18.5 Å². The van der Waals surface area contributed by atoms with Crippen LogP contribution in [0, 0.1) is 16.6 Å². The van der Waals surface area contributed by atoms with Crippen LogP contribution in [0.5, 0.6) is 0 Å². The highest BCUT2D eigenvalue weighted by atomic mass is 35.5. The first-order chi connectivity index (χ1) is 12.9. The van der Waals surface area contributed by atoms with Gasteiger partial charge in [-0.3, -0.25) is 9.59 Å². The molecule has 1 unspecified atom stereocenters. The Morgan fingerprint density at radius 2 is 2.00 bits per heavy atom. The molecule has 1 atom stereocenters. The van der Waals surface area contributed by atoms with Crippen molar-refractivity contribution in [2.75, 3.05) is 13.1 Å². The monoisotopic (exact) mass is 393 g/mol. The summed E-state index contributed by atoms with van der Waals surface area (Å²) in [5.74, 6) is -1.39. The molecule has 1 spiro atoms. The first-order valence-corrected chi connectivity index (χ1v) is 10.00. The number of hydrogen-bond acceptors (Lipinski definition) is 3. The van der Waals surface area contributed by atoms with E-state index >= 15 is 0 Å². The van der Waals surface area contributed by atoms with Gasteiger partial charge < -0.3 is 16.4 Å². The molecule has 3 aliphatic rings. The molecule has 4 N–H and O–H groups in total. The summed E-state index contributed by atoms with van der Waals surface area (Å²) >= 11 is 5.82. The highest BCUT2D eigenvalue weighted by Gasteiger charge is 2.68. The highest BCUT2D eigenvalue weighted by Crippen LogP contribution is 2.73. The molecule has 146 valence electrons. The minimum absolute atomic E-state index is 0.00932. The van der Waals surface area contributed by atoms with Gasteiger partial charge in [0.25, 0.3) is 0 Å². The van der Waals surface area contributed by atoms with Crippen molar-refractivity contribution < 1.29 is 14.0 Å². The zero-order chi connectivity index (χ0) is 19.2. The zero-order valence-corrected chi connectivity index (χ0v) is 15.9. The van der Waals surface area contributed by atoms with Gasteiger partial charge in [-0.2, -0.15) is 0 Å². The first-order valence-electron chi connectivity index (χ1n) is 9.62. The summed E-state index contributed by atoms with van der Waals surface area (Å²) < 4.78 is 13.2. The van der Waals surface area contributed by atoms with Crippen molar-refractivity contribution >= 4 is 23.4 Å². The summed E-state index contributed by atoms with van der Waals surface area (Å²) in [7, 11) is 0. The molecule has 27 heavy (non-hydrogen) atoms. The number of nitrogens with one attached hydrogen (secondary N) is 2. The summed E-state index contributed by atoms with van der Waals surface area (Å²) in [6, 6.07) is 4.66. The summed E-state index contributed by atoms with van der Waals surface area (Å²) in [6.45, 7) is 1.04. The Morgan fingerprint density at radius 3 is 2.56 bits per heavy atom. The van der Waals surface area contributed by atoms with E-state index in [1.54, 1.807) is 12.1 Å². The van der Waals surface area contributed by atoms with E-state index in [4.69, 9.17) is 17.3 Å². The summed E-state index contributed by atoms with van der Waals surface area (Å²) in [5.41, 5.74) is 7.21. The minimum Gasteiger partial charge on any atom is -0.347 e. The summed E-state index contributed by atoms with van der Waals surface area (Å²) in [5, 5.41) is 5.66. The maximum absolute atomic E-state index is 13.2. The molecule has 5 nitrogen and oxygen atoms in total. The predicted octanol–water partition coefficient (Wildman–Crippen LogP) is 2.48. The van der Waals surface area contributed by atoms with E-state index in [2.05, 4.69) is 10.6 Å². The van der Waals surface area contributed by atoms with Crippen molar-refractivity contribution in [1.82, 2.24) is 10.6 Å². The maximum Gasteiger partial charge on any atom is 0.309 e. The Kier molecular flexibility index (Phi) is 4.67. The van der Waals surface area contributed by atoms with Crippen molar-refractivity contribution in [3.8, 4) is 0 Å². The average molecular weight is 394 g/mol. The van der Waals surface area contributed by atoms with E-state index in [1.807, 2.05) is 0 Å². The fraction of sp³-hybridized carbons (Fsp3) is 0.600. The number of halogens is 2. The zero-order valence-electron chi connectivity index (χ0n) is 15.2. The third-order valence-electron chi connectivity index (χ3n) is 7.06. The molecule has 0 radical (unpaired) electrons. The van der Waals surface area contributed by atoms with Crippen LogP contribution in [-0.4, -0.2) is 30.9 Å². The molecule has 3 aliphatic carbocycles. The third kappa shape index (κ3) is 3.23. The van der Waals surface area contributed by atoms with Gasteiger partial charge in [-0.25, -0.2) is 4.39 Å². The second-order valence-corrected chi connectivity index (χ2v) is 8.90. The van der Waals surface area contributed by atoms with Crippen molar-refractivity contribution in [3.05, 3.63) is 34.6 Å². The van der Waals surface area contributed by atoms with Gasteiger partial charge in [0.2, 0.25) is 0 Å². The molecule has 3 fully saturated rings. The molecule has 7 heteroatoms. The lowest BCUT2D eigenvalue weighted by Gasteiger charge is -2.36. The molecule has 4 rings (SSSR count). The van der Waals surface area contributed by atoms with Crippen LogP contribution < -0.4 is 16.4 Å². The van der Waals surface area contributed by atoms with Crippen LogP contribution in [0.3, 0.4) is 0 Å². The quantitative estimate of drug-likeness (QED) is 0.672. The van der Waals surface area contributed by atoms with Gasteiger partial charge in [-0.05, 0) is 61.1 Å². The largest absolute Gasteiger partial charge is 0.347 e. The molecule has 0 saturated heterocycles. The Hall–Kier alpha value is -1.66. The van der Waals surface area contributed by atoms with E-state index < -0.39 is 17.6 Å². The molecule has 1 aromatic rings. The predicted molar refractivity (Wildman–Crippen MR) is 101 cm³/mol. The number of carbonyl (C=O) groups is 2. The number of nitrogens with two attached hydrogens (primary N) is 1. The lowest BCUT2D eigenvalue weighted by atomic mass is 9.75. The number of rotatable bonds is 5. The lowest BCUT2D eigenvalue weighted by Crippen LogP contribution is -2.50. The highest BCUT2D eigenvalue weighted by molar-refractivity contribution is 6.35. The van der Waals surface area contributed by atoms with Crippen molar-refractivity contribution in [2.24, 2.45) is 16.6 Å². The average Bonchev–Trinajstić information content (AvgIpc) is 3.28. The van der Waals surface area contributed by atoms with Crippen LogP contribution >= 0.6 is 11.6 Å². The Morgan fingerprint density at radius 1 is 1.26 bits per heavy atom. The molecule has 0 aliphatic heterocycles. The Balaban J connectivity index is 1.22. The summed E-state index contributed by atoms with van der Waals surface area (Å²) in [4.78, 5) is 24.3. The maximum atomic E-state index is 13.2. The van der Waals surface area contributed by atoms with Crippen molar-refractivity contribution in [2.45, 2.75) is 50.5 Å². The normalized spacial score (nSPS) is 30.2. The van der Waals surface area contributed by atoms with Gasteiger partial charge in [0.15, 0.2) is 0 Å². The van der Waals surface area contributed by atoms with Gasteiger partial charge in [0.05, 0.1) is 5.02 Å². The Bertz CT molecular complexity index is 776. The standard InChI is InChI=1S/C20H25ClFN3O2/c21-15-8-12(2-3-16(15)22)13-6-14(7-13)25-18(27)17(26)24-11-20(10-23)9-19(20)4-1-5-19/h2-3,8,13-14H,1,4-7,9-11,23H2,(H,24,26)(H,25,27). The molecule has 0 aromatic heterocycles. The topological polar surface area (TPSA) is 84.2 Å². The van der Waals surface area contributed by atoms with Gasteiger partial charge >= 0.3 is 11.8 Å². The molecule has 3 saturated carbocycles. The van der Waals surface area contributed by atoms with Crippen LogP contribution in [0.2, 0.25) is 5.02 Å². The number of amides is 2. The van der Waals surface area contributed by atoms with Gasteiger partial charge in [0.1, 0.15) is 5.82 Å². The van der Waals surface area contributed by atoms with Crippen LogP contribution in [0.15, 0.2) is 18.2 Å². The van der Waals surface area contributed by atoms with Crippen LogP contribution in [-0.2, 0) is 9.59 Å². The molecular weight excluding hydrogens is 369 g/mol. The third-order valence-corrected chi connectivity index (χ3v) is 7.35. The van der Waals surface area contributed by atoms with Gasteiger partial charge in [-0.1, -0.05) is 24.1 Å². The van der Waals surface area contributed by atoms with Crippen LogP contribution in [0.1, 0.15) is 50.0 Å². The molecular formula is C20H25ClFN3O2. The lowest BCUT2D eigenvalue weighted by molar-refractivity contribution is -0.140. The van der Waals surface area contributed by atoms with E-state index in [0.717, 1.165) is 24.8 Å². The second-order valence-electron chi connectivity index (χ2n) is 8.49. The fourth-order valence-electron chi connectivity index (χ4n) is 4.88. The Labute approximate surface area is 163 Å². The van der Waals surface area contributed by atoms with Crippen molar-refractivity contribution in [3.63, 3.8) is 0 Å². The second kappa shape index (κ2) is 6.74. The minimum atomic E-state index is -0.592. The number of benzene rings is 1. The van der Waals surface area contributed by atoms with Crippen molar-refractivity contribution in [1.29, 1.82) is 0 Å². The fourth-order valence-corrected chi connectivity index (χ4v) is 5.07. The van der Waals surface area contributed by atoms with E-state index in [-0.39, 0.29) is 22.4 Å². The molecule has 1 aromatic carbocycles.